The second kappa shape index (κ2) is 4.25. The van der Waals surface area contributed by atoms with Crippen molar-refractivity contribution in [2.24, 2.45) is 0 Å². The van der Waals surface area contributed by atoms with Crippen LogP contribution < -0.4 is 0 Å². The summed E-state index contributed by atoms with van der Waals surface area (Å²) in [5, 5.41) is 0.607. The second-order valence-electron chi connectivity index (χ2n) is 4.86. The minimum absolute atomic E-state index is 0.122. The van der Waals surface area contributed by atoms with Gasteiger partial charge in [-0.3, -0.25) is 0 Å². The number of aryl methyl sites for hydroxylation is 1. The zero-order valence-electron chi connectivity index (χ0n) is 10.4. The van der Waals surface area contributed by atoms with E-state index >= 15 is 0 Å². The molecule has 0 saturated carbocycles. The molecule has 20 heavy (non-hydrogen) atoms. The highest BCUT2D eigenvalue weighted by Crippen LogP contribution is 2.37. The zero-order valence-corrected chi connectivity index (χ0v) is 11.3. The third-order valence-electron chi connectivity index (χ3n) is 3.66. The summed E-state index contributed by atoms with van der Waals surface area (Å²) in [5.74, 6) is 0. The number of fused-ring (bicyclic) bond motifs is 3. The van der Waals surface area contributed by atoms with Crippen molar-refractivity contribution in [1.29, 1.82) is 0 Å². The number of hydrogen-bond acceptors (Lipinski definition) is 2. The van der Waals surface area contributed by atoms with E-state index in [1.54, 1.807) is 18.2 Å². The Bertz CT molecular complexity index is 775. The monoisotopic (exact) mass is 303 g/mol. The molecule has 0 bridgehead atoms. The molecule has 0 fully saturated rings. The maximum absolute atomic E-state index is 12.9. The van der Waals surface area contributed by atoms with Gasteiger partial charge in [-0.1, -0.05) is 18.2 Å². The third-order valence-corrected chi connectivity index (χ3v) is 5.15. The van der Waals surface area contributed by atoms with Gasteiger partial charge < -0.3 is 0 Å². The van der Waals surface area contributed by atoms with Crippen LogP contribution in [0, 0.1) is 0 Å². The molecule has 0 amide bonds. The first-order valence-electron chi connectivity index (χ1n) is 6.27. The van der Waals surface area contributed by atoms with Crippen LogP contribution in [-0.2, 0) is 22.9 Å². The van der Waals surface area contributed by atoms with Crippen LogP contribution in [-0.4, -0.2) is 17.9 Å². The Hall–Kier alpha value is -1.50. The van der Waals surface area contributed by atoms with Crippen molar-refractivity contribution >= 4 is 20.9 Å². The van der Waals surface area contributed by atoms with Crippen molar-refractivity contribution in [1.82, 2.24) is 3.97 Å². The lowest BCUT2D eigenvalue weighted by Crippen LogP contribution is -2.31. The van der Waals surface area contributed by atoms with E-state index in [9.17, 15) is 21.6 Å². The van der Waals surface area contributed by atoms with Gasteiger partial charge in [-0.05, 0) is 37.3 Å². The molecule has 1 aliphatic rings. The number of hydrogen-bond donors (Lipinski definition) is 0. The van der Waals surface area contributed by atoms with Crippen molar-refractivity contribution in [2.45, 2.75) is 31.2 Å². The molecule has 1 aliphatic carbocycles. The van der Waals surface area contributed by atoms with E-state index in [1.807, 2.05) is 0 Å². The molecule has 0 atom stereocenters. The fraction of sp³-hybridized carbons (Fsp3) is 0.385. The van der Waals surface area contributed by atoms with Gasteiger partial charge in [0.2, 0.25) is 0 Å². The Labute approximate surface area is 114 Å². The van der Waals surface area contributed by atoms with Crippen molar-refractivity contribution in [3.05, 3.63) is 35.5 Å². The minimum Gasteiger partial charge on any atom is -0.234 e. The molecule has 1 aromatic carbocycles. The summed E-state index contributed by atoms with van der Waals surface area (Å²) in [6, 6.07) is 6.37. The van der Waals surface area contributed by atoms with Crippen LogP contribution in [0.2, 0.25) is 0 Å². The Morgan fingerprint density at radius 1 is 1.05 bits per heavy atom. The lowest BCUT2D eigenvalue weighted by atomic mass is 9.96. The van der Waals surface area contributed by atoms with E-state index in [1.165, 1.54) is 6.07 Å². The minimum atomic E-state index is -5.38. The molecule has 0 spiro atoms. The molecule has 0 unspecified atom stereocenters. The van der Waals surface area contributed by atoms with E-state index < -0.39 is 15.5 Å². The first kappa shape index (κ1) is 13.5. The average molecular weight is 303 g/mol. The lowest BCUT2D eigenvalue weighted by molar-refractivity contribution is -0.0445. The molecular weight excluding hydrogens is 291 g/mol. The SMILES string of the molecule is O=S(=O)(n1c2c(c3ccccc31)CCCC2)C(F)(F)F. The summed E-state index contributed by atoms with van der Waals surface area (Å²) in [6.45, 7) is 0. The van der Waals surface area contributed by atoms with Crippen molar-refractivity contribution in [3.8, 4) is 0 Å². The molecule has 1 heterocycles. The van der Waals surface area contributed by atoms with E-state index in [4.69, 9.17) is 0 Å². The summed E-state index contributed by atoms with van der Waals surface area (Å²) in [6.07, 6.45) is 2.55. The fourth-order valence-corrected chi connectivity index (χ4v) is 3.95. The Morgan fingerprint density at radius 2 is 1.70 bits per heavy atom. The van der Waals surface area contributed by atoms with Gasteiger partial charge in [0.15, 0.2) is 0 Å². The predicted molar refractivity (Wildman–Crippen MR) is 69.0 cm³/mol. The molecule has 7 heteroatoms. The van der Waals surface area contributed by atoms with Gasteiger partial charge in [-0.15, -0.1) is 0 Å². The topological polar surface area (TPSA) is 39.1 Å². The maximum atomic E-state index is 12.9. The quantitative estimate of drug-likeness (QED) is 0.811. The predicted octanol–water partition coefficient (Wildman–Crippen LogP) is 3.22. The van der Waals surface area contributed by atoms with Crippen LogP contribution in [0.4, 0.5) is 13.2 Å². The van der Waals surface area contributed by atoms with Crippen molar-refractivity contribution < 1.29 is 21.6 Å². The number of para-hydroxylation sites is 1. The zero-order chi connectivity index (χ0) is 14.5. The number of alkyl halides is 3. The molecule has 3 nitrogen and oxygen atoms in total. The largest absolute Gasteiger partial charge is 0.517 e. The number of rotatable bonds is 1. The molecule has 3 rings (SSSR count). The van der Waals surface area contributed by atoms with Crippen LogP contribution in [0.1, 0.15) is 24.1 Å². The number of aromatic nitrogens is 1. The van der Waals surface area contributed by atoms with E-state index in [2.05, 4.69) is 0 Å². The summed E-state index contributed by atoms with van der Waals surface area (Å²) in [4.78, 5) is 0. The molecule has 0 aliphatic heterocycles. The highest BCUT2D eigenvalue weighted by Gasteiger charge is 2.49. The second-order valence-corrected chi connectivity index (χ2v) is 6.64. The van der Waals surface area contributed by atoms with E-state index in [0.717, 1.165) is 12.0 Å². The summed E-state index contributed by atoms with van der Waals surface area (Å²) >= 11 is 0. The summed E-state index contributed by atoms with van der Waals surface area (Å²) < 4.78 is 62.8. The van der Waals surface area contributed by atoms with Crippen LogP contribution in [0.25, 0.3) is 10.9 Å². The van der Waals surface area contributed by atoms with E-state index in [-0.39, 0.29) is 11.2 Å². The maximum Gasteiger partial charge on any atom is 0.517 e. The van der Waals surface area contributed by atoms with Crippen LogP contribution in [0.15, 0.2) is 24.3 Å². The molecule has 2 aromatic rings. The fourth-order valence-electron chi connectivity index (χ4n) is 2.83. The van der Waals surface area contributed by atoms with Gasteiger partial charge in [-0.25, -0.2) is 3.97 Å². The van der Waals surface area contributed by atoms with E-state index in [0.29, 0.717) is 28.6 Å². The lowest BCUT2D eigenvalue weighted by Gasteiger charge is -2.17. The number of halogens is 3. The third kappa shape index (κ3) is 1.76. The highest BCUT2D eigenvalue weighted by molar-refractivity contribution is 7.91. The Morgan fingerprint density at radius 3 is 2.40 bits per heavy atom. The summed E-state index contributed by atoms with van der Waals surface area (Å²) in [5.41, 5.74) is -4.15. The Balaban J connectivity index is 2.42. The van der Waals surface area contributed by atoms with Gasteiger partial charge in [0.1, 0.15) is 0 Å². The number of benzene rings is 1. The molecule has 108 valence electrons. The molecule has 0 radical (unpaired) electrons. The van der Waals surface area contributed by atoms with Gasteiger partial charge in [-0.2, -0.15) is 21.6 Å². The number of nitrogens with zero attached hydrogens (tertiary/aromatic N) is 1. The highest BCUT2D eigenvalue weighted by atomic mass is 32.2. The van der Waals surface area contributed by atoms with Crippen LogP contribution in [0.5, 0.6) is 0 Å². The average Bonchev–Trinajstić information content (AvgIpc) is 2.72. The standard InChI is InChI=1S/C13H12F3NO2S/c14-13(15,16)20(18,19)17-11-7-3-1-5-9(11)10-6-2-4-8-12(10)17/h1,3,5,7H,2,4,6,8H2. The molecule has 1 aromatic heterocycles. The van der Waals surface area contributed by atoms with Crippen molar-refractivity contribution in [3.63, 3.8) is 0 Å². The Kier molecular flexibility index (Phi) is 2.86. The smallest absolute Gasteiger partial charge is 0.234 e. The first-order chi connectivity index (χ1) is 9.34. The first-order valence-corrected chi connectivity index (χ1v) is 7.71. The van der Waals surface area contributed by atoms with Gasteiger partial charge in [0.25, 0.3) is 0 Å². The van der Waals surface area contributed by atoms with Crippen molar-refractivity contribution in [2.75, 3.05) is 0 Å². The summed E-state index contributed by atoms with van der Waals surface area (Å²) in [7, 11) is -5.38. The normalized spacial score (nSPS) is 16.4. The van der Waals surface area contributed by atoms with Crippen LogP contribution in [0.3, 0.4) is 0 Å². The molecule has 0 N–H and O–H groups in total. The molecular formula is C13H12F3NO2S. The van der Waals surface area contributed by atoms with Gasteiger partial charge >= 0.3 is 15.5 Å². The molecule has 0 saturated heterocycles. The van der Waals surface area contributed by atoms with Gasteiger partial charge in [0.05, 0.1) is 5.52 Å². The van der Waals surface area contributed by atoms with Crippen LogP contribution >= 0.6 is 0 Å². The van der Waals surface area contributed by atoms with Gasteiger partial charge in [0, 0.05) is 11.1 Å².